The molecule has 2 aromatic carbocycles. The molecule has 0 radical (unpaired) electrons. The van der Waals surface area contributed by atoms with Gasteiger partial charge in [-0.15, -0.1) is 0 Å². The highest BCUT2D eigenvalue weighted by Gasteiger charge is 2.44. The zero-order valence-electron chi connectivity index (χ0n) is 19.1. The lowest BCUT2D eigenvalue weighted by Crippen LogP contribution is -2.58. The number of amides is 2. The molecule has 2 aromatic rings. The van der Waals surface area contributed by atoms with Crippen molar-refractivity contribution in [1.29, 1.82) is 0 Å². The van der Waals surface area contributed by atoms with Crippen LogP contribution in [0.25, 0.3) is 11.1 Å². The van der Waals surface area contributed by atoms with Gasteiger partial charge in [0.2, 0.25) is 5.91 Å². The first-order valence-corrected chi connectivity index (χ1v) is 11.5. The van der Waals surface area contributed by atoms with Gasteiger partial charge >= 0.3 is 0 Å². The average molecular weight is 436 g/mol. The van der Waals surface area contributed by atoms with Gasteiger partial charge in [-0.05, 0) is 36.0 Å². The van der Waals surface area contributed by atoms with Gasteiger partial charge in [0.05, 0.1) is 17.3 Å². The summed E-state index contributed by atoms with van der Waals surface area (Å²) in [5, 5.41) is 16.7. The Morgan fingerprint density at radius 3 is 2.41 bits per heavy atom. The molecule has 1 aliphatic heterocycles. The van der Waals surface area contributed by atoms with Crippen molar-refractivity contribution in [2.45, 2.75) is 57.2 Å². The molecule has 2 amide bonds. The minimum Gasteiger partial charge on any atom is -0.392 e. The van der Waals surface area contributed by atoms with Gasteiger partial charge in [0.25, 0.3) is 5.91 Å². The van der Waals surface area contributed by atoms with E-state index in [2.05, 4.69) is 10.6 Å². The summed E-state index contributed by atoms with van der Waals surface area (Å²) in [5.41, 5.74) is 2.80. The maximum absolute atomic E-state index is 13.6. The fourth-order valence-electron chi connectivity index (χ4n) is 4.84. The van der Waals surface area contributed by atoms with E-state index in [1.165, 1.54) is 0 Å². The van der Waals surface area contributed by atoms with Crippen molar-refractivity contribution >= 4 is 17.5 Å². The Morgan fingerprint density at radius 2 is 1.72 bits per heavy atom. The molecule has 2 aliphatic rings. The summed E-state index contributed by atoms with van der Waals surface area (Å²) >= 11 is 0. The minimum atomic E-state index is -0.773. The van der Waals surface area contributed by atoms with Crippen LogP contribution in [0, 0.1) is 5.92 Å². The number of aliphatic hydroxyl groups excluding tert-OH is 1. The maximum Gasteiger partial charge on any atom is 0.253 e. The van der Waals surface area contributed by atoms with Crippen molar-refractivity contribution < 1.29 is 14.7 Å². The van der Waals surface area contributed by atoms with Gasteiger partial charge in [-0.1, -0.05) is 69.2 Å². The van der Waals surface area contributed by atoms with E-state index in [9.17, 15) is 14.7 Å². The number of rotatable bonds is 6. The second-order valence-corrected chi connectivity index (χ2v) is 9.39. The number of aliphatic hydroxyl groups is 1. The fraction of sp³-hybridized carbons (Fsp3) is 0.462. The zero-order valence-corrected chi connectivity index (χ0v) is 19.1. The molecule has 6 nitrogen and oxygen atoms in total. The molecule has 2 atom stereocenters. The van der Waals surface area contributed by atoms with Crippen LogP contribution in [0.15, 0.2) is 48.5 Å². The van der Waals surface area contributed by atoms with E-state index in [-0.39, 0.29) is 17.7 Å². The number of carbonyl (C=O) groups excluding carboxylic acids is 2. The molecule has 170 valence electrons. The number of hydrogen-bond donors (Lipinski definition) is 3. The second-order valence-electron chi connectivity index (χ2n) is 9.39. The monoisotopic (exact) mass is 435 g/mol. The lowest BCUT2D eigenvalue weighted by atomic mass is 9.92. The van der Waals surface area contributed by atoms with Crippen molar-refractivity contribution in [1.82, 2.24) is 10.6 Å². The van der Waals surface area contributed by atoms with Crippen LogP contribution in [0.5, 0.6) is 0 Å². The van der Waals surface area contributed by atoms with Gasteiger partial charge in [0.15, 0.2) is 0 Å². The number of benzene rings is 2. The molecule has 0 saturated heterocycles. The lowest BCUT2D eigenvalue weighted by molar-refractivity contribution is -0.132. The van der Waals surface area contributed by atoms with Crippen molar-refractivity contribution in [2.75, 3.05) is 18.5 Å². The molecule has 3 N–H and O–H groups in total. The first-order valence-electron chi connectivity index (χ1n) is 11.5. The number of fused-ring (bicyclic) bond motifs is 3. The van der Waals surface area contributed by atoms with Gasteiger partial charge in [0, 0.05) is 19.2 Å². The quantitative estimate of drug-likeness (QED) is 0.650. The summed E-state index contributed by atoms with van der Waals surface area (Å²) in [4.78, 5) is 28.8. The molecule has 4 rings (SSSR count). The van der Waals surface area contributed by atoms with Crippen molar-refractivity contribution in [3.8, 4) is 11.1 Å². The molecular formula is C26H33N3O3. The van der Waals surface area contributed by atoms with E-state index in [1.807, 2.05) is 62.4 Å². The molecule has 1 aliphatic carbocycles. The number of anilines is 1. The number of nitrogens with one attached hydrogen (secondary N) is 2. The Labute approximate surface area is 190 Å². The summed E-state index contributed by atoms with van der Waals surface area (Å²) in [7, 11) is 1.76. The third-order valence-electron chi connectivity index (χ3n) is 6.99. The first-order chi connectivity index (χ1) is 15.3. The minimum absolute atomic E-state index is 0.103. The van der Waals surface area contributed by atoms with Crippen LogP contribution in [0.1, 0.15) is 51.1 Å². The topological polar surface area (TPSA) is 81.7 Å². The number of likely N-dealkylation sites (N-methyl/N-ethyl adjacent to an activating group) is 1. The van der Waals surface area contributed by atoms with Crippen molar-refractivity contribution in [3.05, 3.63) is 54.1 Å². The summed E-state index contributed by atoms with van der Waals surface area (Å²) in [6, 6.07) is 14.8. The standard InChI is InChI=1S/C26H33N3O3/c1-17(2)22(30)16-27-26(14-8-9-15-26)25(32)28-23-20-12-5-4-10-18(20)19-11-6-7-13-21(19)29(3)24(23)31/h4-7,10-13,17,22-23,27,30H,8-9,14-16H2,1-3H3,(H,28,32)/t22-,23?/m1/s1. The Balaban J connectivity index is 1.66. The SMILES string of the molecule is CC(C)[C@H](O)CNC1(C(=O)NC2C(=O)N(C)c3ccccc3-c3ccccc32)CCCC1. The Hall–Kier alpha value is -2.70. The van der Waals surface area contributed by atoms with E-state index in [4.69, 9.17) is 0 Å². The van der Waals surface area contributed by atoms with Crippen LogP contribution in [-0.2, 0) is 9.59 Å². The predicted molar refractivity (Wildman–Crippen MR) is 126 cm³/mol. The second kappa shape index (κ2) is 9.04. The molecule has 32 heavy (non-hydrogen) atoms. The van der Waals surface area contributed by atoms with Crippen LogP contribution >= 0.6 is 0 Å². The van der Waals surface area contributed by atoms with Crippen LogP contribution < -0.4 is 15.5 Å². The molecule has 0 aromatic heterocycles. The first kappa shape index (κ1) is 22.5. The lowest BCUT2D eigenvalue weighted by Gasteiger charge is -2.33. The van der Waals surface area contributed by atoms with E-state index in [1.54, 1.807) is 11.9 Å². The number of hydrogen-bond acceptors (Lipinski definition) is 4. The van der Waals surface area contributed by atoms with Crippen LogP contribution in [0.2, 0.25) is 0 Å². The molecule has 1 saturated carbocycles. The molecule has 1 heterocycles. The van der Waals surface area contributed by atoms with Gasteiger partial charge in [-0.25, -0.2) is 0 Å². The van der Waals surface area contributed by atoms with Gasteiger partial charge in [-0.2, -0.15) is 0 Å². The molecule has 1 unspecified atom stereocenters. The molecular weight excluding hydrogens is 402 g/mol. The fourth-order valence-corrected chi connectivity index (χ4v) is 4.84. The Bertz CT molecular complexity index is 997. The predicted octanol–water partition coefficient (Wildman–Crippen LogP) is 3.41. The third kappa shape index (κ3) is 4.05. The Kier molecular flexibility index (Phi) is 6.35. The van der Waals surface area contributed by atoms with Gasteiger partial charge < -0.3 is 20.6 Å². The molecule has 6 heteroatoms. The van der Waals surface area contributed by atoms with E-state index in [0.29, 0.717) is 19.4 Å². The van der Waals surface area contributed by atoms with Crippen molar-refractivity contribution in [3.63, 3.8) is 0 Å². The normalized spacial score (nSPS) is 20.5. The van der Waals surface area contributed by atoms with Crippen LogP contribution in [0.3, 0.4) is 0 Å². The summed E-state index contributed by atoms with van der Waals surface area (Å²) < 4.78 is 0. The number of carbonyl (C=O) groups is 2. The Morgan fingerprint density at radius 1 is 1.09 bits per heavy atom. The van der Waals surface area contributed by atoms with Gasteiger partial charge in [0.1, 0.15) is 6.04 Å². The summed E-state index contributed by atoms with van der Waals surface area (Å²) in [6.07, 6.45) is 2.75. The summed E-state index contributed by atoms with van der Waals surface area (Å²) in [6.45, 7) is 4.27. The maximum atomic E-state index is 13.6. The number of β-amino-alcohol motifs (C(OH)–C–C–N with tert-alkyl or cyclic N) is 1. The van der Waals surface area contributed by atoms with Crippen molar-refractivity contribution in [2.24, 2.45) is 5.92 Å². The third-order valence-corrected chi connectivity index (χ3v) is 6.99. The van der Waals surface area contributed by atoms with E-state index in [0.717, 1.165) is 35.2 Å². The van der Waals surface area contributed by atoms with Gasteiger partial charge in [-0.3, -0.25) is 9.59 Å². The smallest absolute Gasteiger partial charge is 0.253 e. The highest BCUT2D eigenvalue weighted by Crippen LogP contribution is 2.40. The van der Waals surface area contributed by atoms with Crippen LogP contribution in [-0.4, -0.2) is 42.2 Å². The summed E-state index contributed by atoms with van der Waals surface area (Å²) in [5.74, 6) is -0.226. The zero-order chi connectivity index (χ0) is 22.9. The number of para-hydroxylation sites is 1. The molecule has 0 bridgehead atoms. The molecule has 0 spiro atoms. The molecule has 1 fully saturated rings. The highest BCUT2D eigenvalue weighted by molar-refractivity contribution is 6.06. The highest BCUT2D eigenvalue weighted by atomic mass is 16.3. The van der Waals surface area contributed by atoms with E-state index < -0.39 is 17.7 Å². The number of nitrogens with zero attached hydrogens (tertiary/aromatic N) is 1. The average Bonchev–Trinajstić information content (AvgIpc) is 3.27. The largest absolute Gasteiger partial charge is 0.392 e. The van der Waals surface area contributed by atoms with Crippen LogP contribution in [0.4, 0.5) is 5.69 Å². The van der Waals surface area contributed by atoms with E-state index >= 15 is 0 Å².